The molecule has 2 rings (SSSR count). The molecular formula is C10H13NO3. The van der Waals surface area contributed by atoms with E-state index in [-0.39, 0.29) is 0 Å². The van der Waals surface area contributed by atoms with Gasteiger partial charge in [-0.2, -0.15) is 0 Å². The van der Waals surface area contributed by atoms with Gasteiger partial charge in [0.2, 0.25) is 0 Å². The van der Waals surface area contributed by atoms with Gasteiger partial charge in [-0.05, 0) is 17.5 Å². The van der Waals surface area contributed by atoms with Gasteiger partial charge in [-0.25, -0.2) is 0 Å². The molecule has 0 heterocycles. The molecule has 0 aliphatic heterocycles. The minimum absolute atomic E-state index is 0.505. The van der Waals surface area contributed by atoms with E-state index < -0.39 is 18.6 Å². The van der Waals surface area contributed by atoms with Crippen molar-refractivity contribution in [2.24, 2.45) is 5.73 Å². The first-order chi connectivity index (χ1) is 6.65. The molecule has 0 bridgehead atoms. The maximum absolute atomic E-state index is 9.65. The fourth-order valence-corrected chi connectivity index (χ4v) is 0.914. The van der Waals surface area contributed by atoms with E-state index in [1.807, 2.05) is 0 Å². The molecule has 1 aliphatic rings. The van der Waals surface area contributed by atoms with Gasteiger partial charge in [0, 0.05) is 0 Å². The normalized spacial score (nSPS) is 13.3. The predicted octanol–water partition coefficient (Wildman–Crippen LogP) is -0.0186. The summed E-state index contributed by atoms with van der Waals surface area (Å²) in [7, 11) is 0. The highest BCUT2D eigenvalue weighted by Crippen LogP contribution is 2.25. The summed E-state index contributed by atoms with van der Waals surface area (Å²) in [5.74, 6) is -1.18. The summed E-state index contributed by atoms with van der Waals surface area (Å²) in [6.45, 7) is -0.505. The number of carbonyl (C=O) groups is 1. The van der Waals surface area contributed by atoms with Crippen LogP contribution in [0.5, 0.6) is 0 Å². The zero-order valence-electron chi connectivity index (χ0n) is 7.68. The van der Waals surface area contributed by atoms with Gasteiger partial charge in [0.1, 0.15) is 6.04 Å². The van der Waals surface area contributed by atoms with Crippen molar-refractivity contribution in [2.75, 3.05) is 6.61 Å². The lowest BCUT2D eigenvalue weighted by Gasteiger charge is -1.96. The lowest BCUT2D eigenvalue weighted by atomic mass is 10.3. The Morgan fingerprint density at radius 3 is 2.14 bits per heavy atom. The Morgan fingerprint density at radius 1 is 1.43 bits per heavy atom. The third-order valence-corrected chi connectivity index (χ3v) is 1.89. The van der Waals surface area contributed by atoms with Crippen molar-refractivity contribution in [3.63, 3.8) is 0 Å². The first-order valence-corrected chi connectivity index (χ1v) is 4.31. The Kier molecular flexibility index (Phi) is 3.62. The maximum Gasteiger partial charge on any atom is 0.322 e. The molecule has 0 radical (unpaired) electrons. The fraction of sp³-hybridized carbons (Fsp3) is 0.300. The zero-order valence-corrected chi connectivity index (χ0v) is 7.68. The quantitative estimate of drug-likeness (QED) is 0.629. The minimum Gasteiger partial charge on any atom is -0.480 e. The van der Waals surface area contributed by atoms with Crippen LogP contribution in [0.25, 0.3) is 0 Å². The number of nitrogens with two attached hydrogens (primary N) is 1. The van der Waals surface area contributed by atoms with Gasteiger partial charge in [0.15, 0.2) is 0 Å². The van der Waals surface area contributed by atoms with E-state index in [0.29, 0.717) is 0 Å². The lowest BCUT2D eigenvalue weighted by molar-refractivity contribution is -0.139. The second kappa shape index (κ2) is 4.74. The van der Waals surface area contributed by atoms with E-state index in [1.165, 1.54) is 17.5 Å². The molecule has 0 aromatic heterocycles. The minimum atomic E-state index is -1.18. The van der Waals surface area contributed by atoms with Crippen LogP contribution >= 0.6 is 0 Å². The number of fused-ring (bicyclic) bond motifs is 1. The number of hydrogen-bond donors (Lipinski definition) is 3. The zero-order chi connectivity index (χ0) is 10.6. The van der Waals surface area contributed by atoms with Crippen molar-refractivity contribution in [3.05, 3.63) is 35.4 Å². The summed E-state index contributed by atoms with van der Waals surface area (Å²) >= 11 is 0. The molecule has 1 aromatic carbocycles. The molecule has 14 heavy (non-hydrogen) atoms. The average molecular weight is 195 g/mol. The summed E-state index contributed by atoms with van der Waals surface area (Å²) in [4.78, 5) is 9.65. The fourth-order valence-electron chi connectivity index (χ4n) is 0.914. The number of rotatable bonds is 2. The van der Waals surface area contributed by atoms with Crippen molar-refractivity contribution in [2.45, 2.75) is 12.5 Å². The third-order valence-electron chi connectivity index (χ3n) is 1.89. The molecule has 4 nitrogen and oxygen atoms in total. The topological polar surface area (TPSA) is 83.5 Å². The van der Waals surface area contributed by atoms with Crippen molar-refractivity contribution < 1.29 is 15.0 Å². The third kappa shape index (κ3) is 3.16. The van der Waals surface area contributed by atoms with Crippen LogP contribution in [0.4, 0.5) is 0 Å². The van der Waals surface area contributed by atoms with Crippen LogP contribution in [0.1, 0.15) is 11.1 Å². The van der Waals surface area contributed by atoms with Gasteiger partial charge in [-0.3, -0.25) is 4.79 Å². The highest BCUT2D eigenvalue weighted by atomic mass is 16.4. The molecule has 0 saturated heterocycles. The monoisotopic (exact) mass is 195 g/mol. The van der Waals surface area contributed by atoms with Gasteiger partial charge in [0.25, 0.3) is 0 Å². The maximum atomic E-state index is 9.65. The summed E-state index contributed by atoms with van der Waals surface area (Å²) in [5, 5.41) is 15.9. The predicted molar refractivity (Wildman–Crippen MR) is 51.9 cm³/mol. The number of aliphatic hydroxyl groups excluding tert-OH is 1. The standard InChI is InChI=1S/C7H6.C3H7NO3/c1-2-4-7-5-6(7)3-1;4-2(1-5)3(6)7/h1-4H,5H2;2,5H,1,4H2,(H,6,7)/t;2-/m.1/s1. The van der Waals surface area contributed by atoms with E-state index in [1.54, 1.807) is 0 Å². The van der Waals surface area contributed by atoms with Gasteiger partial charge in [-0.15, -0.1) is 0 Å². The number of aliphatic hydroxyl groups is 1. The molecular weight excluding hydrogens is 182 g/mol. The molecule has 4 N–H and O–H groups in total. The van der Waals surface area contributed by atoms with Crippen molar-refractivity contribution >= 4 is 5.97 Å². The van der Waals surface area contributed by atoms with Crippen LogP contribution < -0.4 is 5.73 Å². The summed E-state index contributed by atoms with van der Waals surface area (Å²) in [6.07, 6.45) is 1.24. The molecule has 1 aliphatic carbocycles. The Labute approximate surface area is 82.0 Å². The van der Waals surface area contributed by atoms with E-state index in [2.05, 4.69) is 24.3 Å². The van der Waals surface area contributed by atoms with E-state index in [0.717, 1.165) is 0 Å². The van der Waals surface area contributed by atoms with E-state index >= 15 is 0 Å². The van der Waals surface area contributed by atoms with Crippen LogP contribution in [0.3, 0.4) is 0 Å². The molecule has 0 saturated carbocycles. The molecule has 0 fully saturated rings. The van der Waals surface area contributed by atoms with Gasteiger partial charge < -0.3 is 15.9 Å². The van der Waals surface area contributed by atoms with Crippen LogP contribution in [0, 0.1) is 0 Å². The highest BCUT2D eigenvalue weighted by Gasteiger charge is 2.12. The van der Waals surface area contributed by atoms with Gasteiger partial charge in [-0.1, -0.05) is 24.3 Å². The second-order valence-electron chi connectivity index (χ2n) is 3.07. The van der Waals surface area contributed by atoms with Crippen LogP contribution in [-0.4, -0.2) is 28.8 Å². The smallest absolute Gasteiger partial charge is 0.322 e. The van der Waals surface area contributed by atoms with Gasteiger partial charge >= 0.3 is 5.97 Å². The van der Waals surface area contributed by atoms with Crippen molar-refractivity contribution in [1.82, 2.24) is 0 Å². The Balaban J connectivity index is 0.000000140. The largest absolute Gasteiger partial charge is 0.480 e. The molecule has 76 valence electrons. The summed E-state index contributed by atoms with van der Waals surface area (Å²) in [6, 6.07) is 7.41. The lowest BCUT2D eigenvalue weighted by Crippen LogP contribution is -2.33. The van der Waals surface area contributed by atoms with E-state index in [9.17, 15) is 4.79 Å². The number of aliphatic carboxylic acids is 1. The Hall–Kier alpha value is -1.39. The Morgan fingerprint density at radius 2 is 1.93 bits per heavy atom. The SMILES string of the molecule is N[C@H](CO)C(=O)O.c1ccc2c(c1)C2. The number of carboxylic acid groups (broad SMARTS) is 1. The summed E-state index contributed by atoms with van der Waals surface area (Å²) in [5.41, 5.74) is 7.83. The molecule has 0 unspecified atom stereocenters. The number of carboxylic acids is 1. The van der Waals surface area contributed by atoms with E-state index in [4.69, 9.17) is 15.9 Å². The van der Waals surface area contributed by atoms with Crippen molar-refractivity contribution in [1.29, 1.82) is 0 Å². The van der Waals surface area contributed by atoms with Crippen LogP contribution in [0.15, 0.2) is 24.3 Å². The molecule has 1 aromatic rings. The first kappa shape index (κ1) is 10.7. The Bertz CT molecular complexity index is 304. The first-order valence-electron chi connectivity index (χ1n) is 4.31. The van der Waals surface area contributed by atoms with Gasteiger partial charge in [0.05, 0.1) is 6.61 Å². The summed E-state index contributed by atoms with van der Waals surface area (Å²) < 4.78 is 0. The van der Waals surface area contributed by atoms with Crippen LogP contribution in [0.2, 0.25) is 0 Å². The second-order valence-corrected chi connectivity index (χ2v) is 3.07. The molecule has 0 amide bonds. The molecule has 4 heteroatoms. The molecule has 1 atom stereocenters. The highest BCUT2D eigenvalue weighted by molar-refractivity contribution is 5.73. The van der Waals surface area contributed by atoms with Crippen LogP contribution in [-0.2, 0) is 11.2 Å². The molecule has 0 spiro atoms. The average Bonchev–Trinajstić information content (AvgIpc) is 2.96. The number of benzene rings is 1. The number of hydrogen-bond acceptors (Lipinski definition) is 3. The van der Waals surface area contributed by atoms with Crippen molar-refractivity contribution in [3.8, 4) is 0 Å².